The molecule has 0 amide bonds. The molecule has 0 aliphatic heterocycles. The molecular weight excluding hydrogens is 536 g/mol. The summed E-state index contributed by atoms with van der Waals surface area (Å²) in [6.45, 7) is 9.90. The van der Waals surface area contributed by atoms with Crippen LogP contribution in [-0.4, -0.2) is 24.0 Å². The second-order valence-electron chi connectivity index (χ2n) is 10.4. The second kappa shape index (κ2) is 10.0. The summed E-state index contributed by atoms with van der Waals surface area (Å²) >= 11 is 12.1. The molecule has 0 aromatic heterocycles. The van der Waals surface area contributed by atoms with Crippen molar-refractivity contribution in [3.8, 4) is 5.75 Å². The van der Waals surface area contributed by atoms with E-state index in [1.165, 1.54) is 30.3 Å². The van der Waals surface area contributed by atoms with Crippen LogP contribution in [0.3, 0.4) is 0 Å². The molecule has 0 spiro atoms. The molecule has 0 saturated heterocycles. The smallest absolute Gasteiger partial charge is 0.422 e. The second-order valence-corrected chi connectivity index (χ2v) is 11.2. The molecule has 0 unspecified atom stereocenters. The Balaban J connectivity index is 2.56. The Morgan fingerprint density at radius 3 is 1.92 bits per heavy atom. The molecule has 0 fully saturated rings. The highest BCUT2D eigenvalue weighted by Crippen LogP contribution is 2.47. The van der Waals surface area contributed by atoms with Crippen LogP contribution in [-0.2, 0) is 16.6 Å². The van der Waals surface area contributed by atoms with Gasteiger partial charge in [0.1, 0.15) is 5.75 Å². The number of hydrogen-bond donors (Lipinski definition) is 0. The Kier molecular flexibility index (Phi) is 8.43. The van der Waals surface area contributed by atoms with Crippen molar-refractivity contribution in [2.45, 2.75) is 70.9 Å². The van der Waals surface area contributed by atoms with Crippen molar-refractivity contribution in [1.82, 2.24) is 0 Å². The highest BCUT2D eigenvalue weighted by atomic mass is 35.5. The van der Waals surface area contributed by atoms with Crippen LogP contribution >= 0.6 is 23.2 Å². The molecule has 0 heterocycles. The number of ether oxygens (including phenoxy) is 1. The van der Waals surface area contributed by atoms with Gasteiger partial charge < -0.3 is 4.74 Å². The van der Waals surface area contributed by atoms with Crippen LogP contribution in [0.4, 0.5) is 30.7 Å². The molecule has 0 aliphatic carbocycles. The summed E-state index contributed by atoms with van der Waals surface area (Å²) in [6.07, 6.45) is -6.11. The fourth-order valence-electron chi connectivity index (χ4n) is 4.01. The fraction of sp³-hybridized carbons (Fsp3) is 0.480. The predicted molar refractivity (Wildman–Crippen MR) is 124 cm³/mol. The molecule has 2 rings (SSSR count). The number of alkyl halides is 7. The molecule has 11 heteroatoms. The van der Waals surface area contributed by atoms with Gasteiger partial charge in [0.15, 0.2) is 0 Å². The highest BCUT2D eigenvalue weighted by molar-refractivity contribution is 6.35. The summed E-state index contributed by atoms with van der Waals surface area (Å²) in [4.78, 5) is 11.9. The summed E-state index contributed by atoms with van der Waals surface area (Å²) < 4.78 is 96.6. The van der Waals surface area contributed by atoms with Crippen LogP contribution in [0.2, 0.25) is 10.0 Å². The number of halogens is 9. The van der Waals surface area contributed by atoms with Crippen molar-refractivity contribution in [2.24, 2.45) is 5.41 Å². The minimum atomic E-state index is -6.67. The molecule has 0 aliphatic rings. The van der Waals surface area contributed by atoms with Crippen molar-refractivity contribution < 1.29 is 40.3 Å². The summed E-state index contributed by atoms with van der Waals surface area (Å²) in [5.74, 6) is -16.4. The first kappa shape index (κ1) is 30.2. The van der Waals surface area contributed by atoms with Gasteiger partial charge in [0.2, 0.25) is 0 Å². The van der Waals surface area contributed by atoms with Gasteiger partial charge in [-0.1, -0.05) is 76.0 Å². The molecule has 2 aromatic carbocycles. The summed E-state index contributed by atoms with van der Waals surface area (Å²) in [5.41, 5.74) is 0.630. The van der Waals surface area contributed by atoms with Crippen LogP contribution in [0, 0.1) is 5.41 Å². The van der Waals surface area contributed by atoms with E-state index < -0.39 is 35.2 Å². The Morgan fingerprint density at radius 1 is 0.833 bits per heavy atom. The first-order valence-electron chi connectivity index (χ1n) is 10.7. The summed E-state index contributed by atoms with van der Waals surface area (Å²) in [5, 5.41) is 0.498. The summed E-state index contributed by atoms with van der Waals surface area (Å²) in [6, 6.07) is 8.50. The highest BCUT2D eigenvalue weighted by Gasteiger charge is 2.77. The minimum Gasteiger partial charge on any atom is -0.422 e. The lowest BCUT2D eigenvalue weighted by Crippen LogP contribution is -2.57. The zero-order valence-electron chi connectivity index (χ0n) is 20.1. The van der Waals surface area contributed by atoms with Gasteiger partial charge >= 0.3 is 24.0 Å². The minimum absolute atomic E-state index is 0.0816. The van der Waals surface area contributed by atoms with E-state index in [1.807, 2.05) is 34.6 Å². The van der Waals surface area contributed by atoms with E-state index in [0.29, 0.717) is 22.6 Å². The number of carbonyl (C=O) groups is 1. The number of benzene rings is 2. The van der Waals surface area contributed by atoms with Gasteiger partial charge in [-0.25, -0.2) is 4.79 Å². The maximum Gasteiger partial charge on any atom is 0.460 e. The molecule has 0 N–H and O–H groups in total. The van der Waals surface area contributed by atoms with Crippen molar-refractivity contribution in [3.63, 3.8) is 0 Å². The number of hydrogen-bond acceptors (Lipinski definition) is 2. The maximum absolute atomic E-state index is 13.9. The number of esters is 1. The Morgan fingerprint density at radius 2 is 1.42 bits per heavy atom. The van der Waals surface area contributed by atoms with Crippen molar-refractivity contribution >= 4 is 29.2 Å². The van der Waals surface area contributed by atoms with E-state index >= 15 is 0 Å². The van der Waals surface area contributed by atoms with Gasteiger partial charge in [0.25, 0.3) is 0 Å². The lowest BCUT2D eigenvalue weighted by Gasteiger charge is -2.33. The third-order valence-corrected chi connectivity index (χ3v) is 6.01. The van der Waals surface area contributed by atoms with Crippen LogP contribution in [0.25, 0.3) is 0 Å². The van der Waals surface area contributed by atoms with Gasteiger partial charge in [-0.2, -0.15) is 30.7 Å². The van der Waals surface area contributed by atoms with Gasteiger partial charge in [-0.05, 0) is 52.1 Å². The molecule has 0 radical (unpaired) electrons. The maximum atomic E-state index is 13.9. The van der Waals surface area contributed by atoms with Gasteiger partial charge in [0.05, 0.1) is 0 Å². The van der Waals surface area contributed by atoms with E-state index in [-0.39, 0.29) is 22.4 Å². The summed E-state index contributed by atoms with van der Waals surface area (Å²) in [7, 11) is 0. The fourth-order valence-corrected chi connectivity index (χ4v) is 4.48. The topological polar surface area (TPSA) is 26.3 Å². The average Bonchev–Trinajstić information content (AvgIpc) is 2.68. The third kappa shape index (κ3) is 6.65. The van der Waals surface area contributed by atoms with E-state index in [4.69, 9.17) is 23.2 Å². The zero-order chi connectivity index (χ0) is 27.9. The SMILES string of the molecule is CC(C)(C)CC(C)(C)c1ccc(OC(=O)C(F)(F)C(F)(F)C(F)(F)F)c(Cc2ccc(Cl)cc2Cl)c1. The molecule has 200 valence electrons. The molecule has 0 saturated carbocycles. The van der Waals surface area contributed by atoms with Gasteiger partial charge in [0, 0.05) is 16.5 Å². The zero-order valence-corrected chi connectivity index (χ0v) is 21.6. The lowest BCUT2D eigenvalue weighted by molar-refractivity contribution is -0.346. The van der Waals surface area contributed by atoms with E-state index in [9.17, 15) is 35.5 Å². The standard InChI is InChI=1S/C25H25Cl2F7O2/c1-21(2,3)13-22(4,5)16-7-9-19(15(11-16)10-14-6-8-17(26)12-18(14)27)36-20(35)23(28,29)24(30,31)25(32,33)34/h6-9,11-12H,10,13H2,1-5H3. The molecular formula is C25H25Cl2F7O2. The molecule has 2 aromatic rings. The first-order chi connectivity index (χ1) is 16.1. The third-order valence-electron chi connectivity index (χ3n) is 5.42. The van der Waals surface area contributed by atoms with Gasteiger partial charge in [-0.3, -0.25) is 0 Å². The lowest BCUT2D eigenvalue weighted by atomic mass is 9.72. The van der Waals surface area contributed by atoms with Crippen molar-refractivity contribution in [3.05, 3.63) is 63.1 Å². The molecule has 0 atom stereocenters. The normalized spacial score (nSPS) is 13.6. The number of rotatable bonds is 7. The predicted octanol–water partition coefficient (Wildman–Crippen LogP) is 9.04. The van der Waals surface area contributed by atoms with Crippen LogP contribution < -0.4 is 4.74 Å². The Hall–Kier alpha value is -2.00. The molecule has 2 nitrogen and oxygen atoms in total. The van der Waals surface area contributed by atoms with Crippen LogP contribution in [0.1, 0.15) is 57.7 Å². The quantitative estimate of drug-likeness (QED) is 0.192. The van der Waals surface area contributed by atoms with E-state index in [2.05, 4.69) is 4.74 Å². The van der Waals surface area contributed by atoms with Crippen LogP contribution in [0.15, 0.2) is 36.4 Å². The monoisotopic (exact) mass is 560 g/mol. The average molecular weight is 561 g/mol. The van der Waals surface area contributed by atoms with E-state index in [1.54, 1.807) is 0 Å². The molecule has 0 bridgehead atoms. The van der Waals surface area contributed by atoms with Gasteiger partial charge in [-0.15, -0.1) is 0 Å². The van der Waals surface area contributed by atoms with Crippen LogP contribution in [0.5, 0.6) is 5.75 Å². The first-order valence-corrected chi connectivity index (χ1v) is 11.5. The molecule has 36 heavy (non-hydrogen) atoms. The van der Waals surface area contributed by atoms with Crippen molar-refractivity contribution in [1.29, 1.82) is 0 Å². The largest absolute Gasteiger partial charge is 0.460 e. The number of carbonyl (C=O) groups excluding carboxylic acids is 1. The van der Waals surface area contributed by atoms with E-state index in [0.717, 1.165) is 6.07 Å². The Bertz CT molecular complexity index is 1120. The Labute approximate surface area is 214 Å². The van der Waals surface area contributed by atoms with Crippen molar-refractivity contribution in [2.75, 3.05) is 0 Å².